The van der Waals surface area contributed by atoms with Gasteiger partial charge in [-0.05, 0) is 38.1 Å². The molecule has 0 spiro atoms. The van der Waals surface area contributed by atoms with Gasteiger partial charge >= 0.3 is 0 Å². The standard InChI is InChI=1S/C21H17N5O2S/c1-3-27-17-7-5-4-6-15(17)19-16(10-22)18-20(29-19)21(24-12-23-18)26-25-11-14-9-8-13(2)28-14/h4-9,12H,3,11H2,1-2H3. The molecule has 0 aliphatic rings. The molecule has 0 unspecified atom stereocenters. The van der Waals surface area contributed by atoms with Crippen LogP contribution in [0.15, 0.2) is 57.4 Å². The SMILES string of the molecule is CCOc1ccccc1-c1sc2c(N=NCc3ccc(C)o3)ncnc2c1C#N. The largest absolute Gasteiger partial charge is 0.493 e. The summed E-state index contributed by atoms with van der Waals surface area (Å²) in [5.74, 6) is 2.71. The van der Waals surface area contributed by atoms with E-state index in [1.165, 1.54) is 17.7 Å². The van der Waals surface area contributed by atoms with Crippen molar-refractivity contribution in [2.45, 2.75) is 20.4 Å². The smallest absolute Gasteiger partial charge is 0.195 e. The highest BCUT2D eigenvalue weighted by molar-refractivity contribution is 7.23. The number of nitrogens with zero attached hydrogens (tertiary/aromatic N) is 5. The Labute approximate surface area is 171 Å². The Hall–Kier alpha value is -3.57. The van der Waals surface area contributed by atoms with E-state index in [1.54, 1.807) is 0 Å². The van der Waals surface area contributed by atoms with Gasteiger partial charge in [-0.25, -0.2) is 9.97 Å². The van der Waals surface area contributed by atoms with Crippen LogP contribution in [0.1, 0.15) is 24.0 Å². The quantitative estimate of drug-likeness (QED) is 0.378. The summed E-state index contributed by atoms with van der Waals surface area (Å²) in [6, 6.07) is 13.7. The lowest BCUT2D eigenvalue weighted by molar-refractivity contribution is 0.341. The number of aryl methyl sites for hydroxylation is 1. The molecule has 8 heteroatoms. The molecule has 0 aliphatic heterocycles. The molecular formula is C21H17N5O2S. The number of aromatic nitrogens is 2. The van der Waals surface area contributed by atoms with Gasteiger partial charge in [0.1, 0.15) is 46.4 Å². The molecule has 0 amide bonds. The molecule has 29 heavy (non-hydrogen) atoms. The Balaban J connectivity index is 1.77. The zero-order valence-electron chi connectivity index (χ0n) is 15.9. The van der Waals surface area contributed by atoms with Gasteiger partial charge in [0.2, 0.25) is 0 Å². The van der Waals surface area contributed by atoms with Crippen molar-refractivity contribution in [2.24, 2.45) is 10.2 Å². The molecule has 0 radical (unpaired) electrons. The number of ether oxygens (including phenoxy) is 1. The molecule has 0 saturated carbocycles. The minimum atomic E-state index is 0.315. The molecule has 0 fully saturated rings. The van der Waals surface area contributed by atoms with Gasteiger partial charge in [0.15, 0.2) is 5.82 Å². The summed E-state index contributed by atoms with van der Waals surface area (Å²) in [6.45, 7) is 4.66. The number of azo groups is 1. The number of furan rings is 1. The van der Waals surface area contributed by atoms with Crippen molar-refractivity contribution >= 4 is 27.4 Å². The zero-order valence-corrected chi connectivity index (χ0v) is 16.7. The average Bonchev–Trinajstić information content (AvgIpc) is 3.32. The molecule has 4 rings (SSSR count). The van der Waals surface area contributed by atoms with E-state index in [4.69, 9.17) is 9.15 Å². The molecule has 3 heterocycles. The van der Waals surface area contributed by atoms with Gasteiger partial charge in [-0.2, -0.15) is 10.4 Å². The maximum atomic E-state index is 9.79. The minimum absolute atomic E-state index is 0.315. The molecule has 144 valence electrons. The van der Waals surface area contributed by atoms with E-state index in [-0.39, 0.29) is 0 Å². The Morgan fingerprint density at radius 3 is 2.83 bits per heavy atom. The number of fused-ring (bicyclic) bond motifs is 1. The Morgan fingerprint density at radius 1 is 1.21 bits per heavy atom. The van der Waals surface area contributed by atoms with E-state index in [0.29, 0.717) is 34.7 Å². The summed E-state index contributed by atoms with van der Waals surface area (Å²) in [7, 11) is 0. The monoisotopic (exact) mass is 403 g/mol. The van der Waals surface area contributed by atoms with Crippen LogP contribution in [0.3, 0.4) is 0 Å². The first kappa shape index (κ1) is 18.8. The van der Waals surface area contributed by atoms with Gasteiger partial charge in [-0.15, -0.1) is 16.5 Å². The van der Waals surface area contributed by atoms with Gasteiger partial charge in [0.05, 0.1) is 17.0 Å². The zero-order chi connectivity index (χ0) is 20.2. The summed E-state index contributed by atoms with van der Waals surface area (Å²) < 4.78 is 12.0. The molecule has 1 aromatic carbocycles. The third kappa shape index (κ3) is 3.73. The Kier molecular flexibility index (Phi) is 5.31. The fourth-order valence-corrected chi connectivity index (χ4v) is 4.10. The predicted octanol–water partition coefficient (Wildman–Crippen LogP) is 5.81. The number of nitriles is 1. The van der Waals surface area contributed by atoms with Crippen molar-refractivity contribution < 1.29 is 9.15 Å². The highest BCUT2D eigenvalue weighted by Crippen LogP contribution is 2.43. The van der Waals surface area contributed by atoms with Gasteiger partial charge in [0, 0.05) is 5.56 Å². The van der Waals surface area contributed by atoms with Crippen LogP contribution in [-0.2, 0) is 6.54 Å². The van der Waals surface area contributed by atoms with Crippen molar-refractivity contribution in [1.29, 1.82) is 5.26 Å². The van der Waals surface area contributed by atoms with E-state index >= 15 is 0 Å². The molecular weight excluding hydrogens is 386 g/mol. The number of benzene rings is 1. The van der Waals surface area contributed by atoms with Crippen molar-refractivity contribution in [2.75, 3.05) is 6.61 Å². The number of hydrogen-bond donors (Lipinski definition) is 0. The van der Waals surface area contributed by atoms with E-state index in [9.17, 15) is 5.26 Å². The summed E-state index contributed by atoms with van der Waals surface area (Å²) in [5.41, 5.74) is 1.90. The highest BCUT2D eigenvalue weighted by atomic mass is 32.1. The molecule has 4 aromatic rings. The van der Waals surface area contributed by atoms with Crippen molar-refractivity contribution in [3.05, 3.63) is 59.8 Å². The molecule has 7 nitrogen and oxygen atoms in total. The average molecular weight is 403 g/mol. The normalized spacial score (nSPS) is 11.2. The third-order valence-corrected chi connectivity index (χ3v) is 5.39. The number of hydrogen-bond acceptors (Lipinski definition) is 8. The van der Waals surface area contributed by atoms with Crippen LogP contribution in [0.2, 0.25) is 0 Å². The second kappa shape index (κ2) is 8.20. The van der Waals surface area contributed by atoms with Gasteiger partial charge < -0.3 is 9.15 Å². The van der Waals surface area contributed by atoms with Gasteiger partial charge in [-0.1, -0.05) is 12.1 Å². The first-order valence-electron chi connectivity index (χ1n) is 9.04. The molecule has 0 N–H and O–H groups in total. The Morgan fingerprint density at radius 2 is 2.07 bits per heavy atom. The van der Waals surface area contributed by atoms with Crippen molar-refractivity contribution in [3.63, 3.8) is 0 Å². The fraction of sp³-hybridized carbons (Fsp3) is 0.190. The van der Waals surface area contributed by atoms with Crippen molar-refractivity contribution in [1.82, 2.24) is 9.97 Å². The lowest BCUT2D eigenvalue weighted by Crippen LogP contribution is -1.93. The second-order valence-electron chi connectivity index (χ2n) is 6.13. The number of para-hydroxylation sites is 1. The molecule has 0 bridgehead atoms. The van der Waals surface area contributed by atoms with Crippen LogP contribution in [0.25, 0.3) is 20.7 Å². The third-order valence-electron chi connectivity index (χ3n) is 4.18. The van der Waals surface area contributed by atoms with Crippen LogP contribution in [-0.4, -0.2) is 16.6 Å². The Bertz CT molecular complexity index is 1240. The van der Waals surface area contributed by atoms with Crippen LogP contribution in [0.5, 0.6) is 5.75 Å². The highest BCUT2D eigenvalue weighted by Gasteiger charge is 2.20. The molecule has 0 atom stereocenters. The lowest BCUT2D eigenvalue weighted by Gasteiger charge is -2.08. The van der Waals surface area contributed by atoms with Crippen LogP contribution in [0, 0.1) is 18.3 Å². The summed E-state index contributed by atoms with van der Waals surface area (Å²) >= 11 is 1.41. The molecule has 0 aliphatic carbocycles. The van der Waals surface area contributed by atoms with E-state index < -0.39 is 0 Å². The molecule has 0 saturated heterocycles. The lowest BCUT2D eigenvalue weighted by atomic mass is 10.1. The summed E-state index contributed by atoms with van der Waals surface area (Å²) in [6.07, 6.45) is 1.40. The van der Waals surface area contributed by atoms with Gasteiger partial charge in [0.25, 0.3) is 0 Å². The maximum Gasteiger partial charge on any atom is 0.195 e. The second-order valence-corrected chi connectivity index (χ2v) is 7.15. The fourth-order valence-electron chi connectivity index (χ4n) is 2.94. The number of thiophene rings is 1. The summed E-state index contributed by atoms with van der Waals surface area (Å²) in [4.78, 5) is 9.35. The molecule has 3 aromatic heterocycles. The van der Waals surface area contributed by atoms with Crippen molar-refractivity contribution in [3.8, 4) is 22.3 Å². The van der Waals surface area contributed by atoms with Gasteiger partial charge in [-0.3, -0.25) is 0 Å². The maximum absolute atomic E-state index is 9.79. The van der Waals surface area contributed by atoms with Crippen LogP contribution < -0.4 is 4.74 Å². The summed E-state index contributed by atoms with van der Waals surface area (Å²) in [5, 5.41) is 18.3. The number of rotatable bonds is 6. The van der Waals surface area contributed by atoms with Crippen LogP contribution >= 0.6 is 11.3 Å². The topological polar surface area (TPSA) is 96.7 Å². The predicted molar refractivity (Wildman–Crippen MR) is 110 cm³/mol. The first-order chi connectivity index (χ1) is 14.2. The van der Waals surface area contributed by atoms with Crippen LogP contribution in [0.4, 0.5) is 5.82 Å². The van der Waals surface area contributed by atoms with E-state index in [2.05, 4.69) is 26.3 Å². The van der Waals surface area contributed by atoms with E-state index in [1.807, 2.05) is 50.2 Å². The van der Waals surface area contributed by atoms with E-state index in [0.717, 1.165) is 27.7 Å². The minimum Gasteiger partial charge on any atom is -0.493 e. The first-order valence-corrected chi connectivity index (χ1v) is 9.85.